The van der Waals surface area contributed by atoms with E-state index in [0.717, 1.165) is 0 Å². The SMILES string of the molecule is N#Cc1cc(C(F)(F)F)cc(C(F)(F)F)c1Cl. The molecule has 1 rings (SSSR count). The molecule has 0 aliphatic carbocycles. The molecule has 0 saturated carbocycles. The molecule has 0 fully saturated rings. The Hall–Kier alpha value is -1.42. The first-order valence-electron chi connectivity index (χ1n) is 3.95. The summed E-state index contributed by atoms with van der Waals surface area (Å²) in [4.78, 5) is 0. The number of halogens is 7. The van der Waals surface area contributed by atoms with Crippen molar-refractivity contribution in [2.45, 2.75) is 12.4 Å². The van der Waals surface area contributed by atoms with Gasteiger partial charge in [-0.15, -0.1) is 0 Å². The summed E-state index contributed by atoms with van der Waals surface area (Å²) in [5.74, 6) is 0. The highest BCUT2D eigenvalue weighted by atomic mass is 35.5. The zero-order chi connectivity index (χ0) is 13.4. The number of alkyl halides is 6. The highest BCUT2D eigenvalue weighted by molar-refractivity contribution is 6.32. The first kappa shape index (κ1) is 13.6. The third-order valence-corrected chi connectivity index (χ3v) is 2.23. The van der Waals surface area contributed by atoms with Gasteiger partial charge in [0.1, 0.15) is 6.07 Å². The number of hydrogen-bond acceptors (Lipinski definition) is 1. The molecule has 0 bridgehead atoms. The maximum absolute atomic E-state index is 12.4. The van der Waals surface area contributed by atoms with E-state index in [9.17, 15) is 26.3 Å². The van der Waals surface area contributed by atoms with Gasteiger partial charge in [-0.25, -0.2) is 0 Å². The summed E-state index contributed by atoms with van der Waals surface area (Å²) in [5, 5.41) is 7.40. The van der Waals surface area contributed by atoms with Crippen LogP contribution in [0.15, 0.2) is 12.1 Å². The van der Waals surface area contributed by atoms with Gasteiger partial charge in [0, 0.05) is 0 Å². The third kappa shape index (κ3) is 2.82. The Labute approximate surface area is 96.2 Å². The zero-order valence-electron chi connectivity index (χ0n) is 7.75. The summed E-state index contributed by atoms with van der Waals surface area (Å²) >= 11 is 5.21. The lowest BCUT2D eigenvalue weighted by Gasteiger charge is -2.13. The van der Waals surface area contributed by atoms with Crippen LogP contribution in [0.5, 0.6) is 0 Å². The average molecular weight is 274 g/mol. The Bertz CT molecular complexity index is 482. The molecular weight excluding hydrogens is 272 g/mol. The van der Waals surface area contributed by atoms with Gasteiger partial charge < -0.3 is 0 Å². The van der Waals surface area contributed by atoms with E-state index in [4.69, 9.17) is 16.9 Å². The zero-order valence-corrected chi connectivity index (χ0v) is 8.50. The summed E-state index contributed by atoms with van der Waals surface area (Å²) in [7, 11) is 0. The molecule has 17 heavy (non-hydrogen) atoms. The van der Waals surface area contributed by atoms with Gasteiger partial charge in [0.25, 0.3) is 0 Å². The van der Waals surface area contributed by atoms with E-state index in [1.54, 1.807) is 0 Å². The van der Waals surface area contributed by atoms with E-state index in [1.165, 1.54) is 6.07 Å². The molecule has 1 aromatic carbocycles. The summed E-state index contributed by atoms with van der Waals surface area (Å²) in [6.45, 7) is 0. The molecule has 0 N–H and O–H groups in total. The molecule has 1 nitrogen and oxygen atoms in total. The molecule has 0 unspecified atom stereocenters. The van der Waals surface area contributed by atoms with E-state index in [1.807, 2.05) is 0 Å². The molecule has 92 valence electrons. The second-order valence-electron chi connectivity index (χ2n) is 2.99. The van der Waals surface area contributed by atoms with Gasteiger partial charge >= 0.3 is 12.4 Å². The van der Waals surface area contributed by atoms with Crippen LogP contribution in [0.2, 0.25) is 5.02 Å². The molecule has 0 spiro atoms. The van der Waals surface area contributed by atoms with Crippen LogP contribution in [-0.4, -0.2) is 0 Å². The Morgan fingerprint density at radius 3 is 1.88 bits per heavy atom. The van der Waals surface area contributed by atoms with Crippen LogP contribution in [-0.2, 0) is 12.4 Å². The Kier molecular flexibility index (Phi) is 3.30. The molecule has 0 atom stereocenters. The van der Waals surface area contributed by atoms with Crippen LogP contribution in [0.25, 0.3) is 0 Å². The van der Waals surface area contributed by atoms with Crippen LogP contribution >= 0.6 is 11.6 Å². The van der Waals surface area contributed by atoms with Crippen molar-refractivity contribution in [3.05, 3.63) is 33.8 Å². The fraction of sp³-hybridized carbons (Fsp3) is 0.222. The van der Waals surface area contributed by atoms with Gasteiger partial charge in [-0.2, -0.15) is 31.6 Å². The maximum atomic E-state index is 12.4. The molecule has 0 amide bonds. The molecule has 1 aromatic rings. The number of nitriles is 1. The lowest BCUT2D eigenvalue weighted by molar-refractivity contribution is -0.143. The average Bonchev–Trinajstić information content (AvgIpc) is 2.14. The third-order valence-electron chi connectivity index (χ3n) is 1.83. The van der Waals surface area contributed by atoms with Crippen molar-refractivity contribution in [1.29, 1.82) is 5.26 Å². The smallest absolute Gasteiger partial charge is 0.192 e. The van der Waals surface area contributed by atoms with E-state index in [-0.39, 0.29) is 12.1 Å². The normalized spacial score (nSPS) is 12.4. The van der Waals surface area contributed by atoms with Crippen molar-refractivity contribution in [3.63, 3.8) is 0 Å². The van der Waals surface area contributed by atoms with Gasteiger partial charge in [-0.3, -0.25) is 0 Å². The maximum Gasteiger partial charge on any atom is 0.417 e. The Morgan fingerprint density at radius 2 is 1.53 bits per heavy atom. The van der Waals surface area contributed by atoms with Gasteiger partial charge in [0.05, 0.1) is 21.7 Å². The molecule has 0 aliphatic rings. The van der Waals surface area contributed by atoms with E-state index in [0.29, 0.717) is 0 Å². The number of nitrogens with zero attached hydrogens (tertiary/aromatic N) is 1. The predicted molar refractivity (Wildman–Crippen MR) is 46.2 cm³/mol. The molecular formula is C9H2ClF6N. The van der Waals surface area contributed by atoms with Crippen molar-refractivity contribution in [2.24, 2.45) is 0 Å². The van der Waals surface area contributed by atoms with Crippen molar-refractivity contribution >= 4 is 11.6 Å². The number of hydrogen-bond donors (Lipinski definition) is 0. The first-order valence-corrected chi connectivity index (χ1v) is 4.33. The summed E-state index contributed by atoms with van der Waals surface area (Å²) in [6, 6.07) is 1.34. The van der Waals surface area contributed by atoms with Crippen LogP contribution in [0.1, 0.15) is 16.7 Å². The second kappa shape index (κ2) is 4.11. The van der Waals surface area contributed by atoms with Crippen molar-refractivity contribution in [2.75, 3.05) is 0 Å². The standard InChI is InChI=1S/C9H2ClF6N/c10-7-4(3-17)1-5(8(11,12)13)2-6(7)9(14,15)16/h1-2H. The molecule has 0 aliphatic heterocycles. The fourth-order valence-corrected chi connectivity index (χ4v) is 1.33. The Balaban J connectivity index is 3.58. The van der Waals surface area contributed by atoms with Gasteiger partial charge in [0.15, 0.2) is 0 Å². The molecule has 0 aromatic heterocycles. The van der Waals surface area contributed by atoms with Crippen LogP contribution in [0, 0.1) is 11.3 Å². The fourth-order valence-electron chi connectivity index (χ4n) is 1.08. The largest absolute Gasteiger partial charge is 0.417 e. The molecule has 0 heterocycles. The quantitative estimate of drug-likeness (QED) is 0.648. The topological polar surface area (TPSA) is 23.8 Å². The van der Waals surface area contributed by atoms with Crippen LogP contribution in [0.4, 0.5) is 26.3 Å². The predicted octanol–water partition coefficient (Wildman–Crippen LogP) is 4.25. The van der Waals surface area contributed by atoms with E-state index in [2.05, 4.69) is 0 Å². The van der Waals surface area contributed by atoms with Gasteiger partial charge in [-0.1, -0.05) is 11.6 Å². The summed E-state index contributed by atoms with van der Waals surface area (Å²) < 4.78 is 74.0. The second-order valence-corrected chi connectivity index (χ2v) is 3.37. The highest BCUT2D eigenvalue weighted by Gasteiger charge is 2.39. The van der Waals surface area contributed by atoms with Crippen molar-refractivity contribution in [1.82, 2.24) is 0 Å². The summed E-state index contributed by atoms with van der Waals surface area (Å²) in [6.07, 6.45) is -10.0. The van der Waals surface area contributed by atoms with Gasteiger partial charge in [-0.05, 0) is 12.1 Å². The van der Waals surface area contributed by atoms with E-state index >= 15 is 0 Å². The Morgan fingerprint density at radius 1 is 1.00 bits per heavy atom. The lowest BCUT2D eigenvalue weighted by atomic mass is 10.1. The van der Waals surface area contributed by atoms with Crippen LogP contribution < -0.4 is 0 Å². The van der Waals surface area contributed by atoms with Crippen molar-refractivity contribution < 1.29 is 26.3 Å². The first-order chi connectivity index (χ1) is 7.57. The van der Waals surface area contributed by atoms with E-state index < -0.39 is 34.1 Å². The molecule has 8 heteroatoms. The number of benzene rings is 1. The lowest BCUT2D eigenvalue weighted by Crippen LogP contribution is -2.12. The van der Waals surface area contributed by atoms with Crippen LogP contribution in [0.3, 0.4) is 0 Å². The van der Waals surface area contributed by atoms with Crippen molar-refractivity contribution in [3.8, 4) is 6.07 Å². The minimum atomic E-state index is -5.05. The monoisotopic (exact) mass is 273 g/mol. The summed E-state index contributed by atoms with van der Waals surface area (Å²) in [5.41, 5.74) is -4.11. The van der Waals surface area contributed by atoms with Gasteiger partial charge in [0.2, 0.25) is 0 Å². The minimum Gasteiger partial charge on any atom is -0.192 e. The minimum absolute atomic E-state index is 0.122. The molecule has 0 radical (unpaired) electrons. The number of rotatable bonds is 0. The highest BCUT2D eigenvalue weighted by Crippen LogP contribution is 2.40. The molecule has 0 saturated heterocycles.